The Labute approximate surface area is 109 Å². The van der Waals surface area contributed by atoms with E-state index in [0.29, 0.717) is 19.4 Å². The molecular weight excluding hydrogens is 228 g/mol. The molecule has 3 heteroatoms. The minimum absolute atomic E-state index is 0.128. The maximum absolute atomic E-state index is 12.4. The topological polar surface area (TPSA) is 43.4 Å². The van der Waals surface area contributed by atoms with E-state index in [9.17, 15) is 9.59 Å². The maximum atomic E-state index is 12.4. The molecule has 1 atom stereocenters. The van der Waals surface area contributed by atoms with Crippen LogP contribution in [0.3, 0.4) is 0 Å². The van der Waals surface area contributed by atoms with Crippen LogP contribution >= 0.6 is 0 Å². The third-order valence-electron chi connectivity index (χ3n) is 4.49. The monoisotopic (exact) mass is 250 g/mol. The Morgan fingerprint density at radius 2 is 2.11 bits per heavy atom. The van der Waals surface area contributed by atoms with Gasteiger partial charge in [-0.3, -0.25) is 9.59 Å². The van der Waals surface area contributed by atoms with Crippen molar-refractivity contribution in [2.24, 2.45) is 10.8 Å². The molecule has 3 nitrogen and oxygen atoms in total. The van der Waals surface area contributed by atoms with Crippen LogP contribution in [0.5, 0.6) is 0 Å². The fourth-order valence-corrected chi connectivity index (χ4v) is 3.47. The van der Waals surface area contributed by atoms with Crippen molar-refractivity contribution >= 4 is 11.8 Å². The summed E-state index contributed by atoms with van der Waals surface area (Å²) in [5.74, 6) is 0.118. The highest BCUT2D eigenvalue weighted by atomic mass is 16.5. The molecule has 0 radical (unpaired) electrons. The van der Waals surface area contributed by atoms with Crippen LogP contribution in [-0.2, 0) is 14.3 Å². The number of hydrogen-bond acceptors (Lipinski definition) is 3. The number of hydrogen-bond donors (Lipinski definition) is 0. The maximum Gasteiger partial charge on any atom is 0.316 e. The lowest BCUT2D eigenvalue weighted by Crippen LogP contribution is -2.48. The Morgan fingerprint density at radius 3 is 2.78 bits per heavy atom. The number of Topliss-reactive ketones (excluding diaryl/α,β-unsaturated/α-hetero) is 1. The predicted octanol–water partition coefficient (Wildman–Crippen LogP) is 3.04. The number of ether oxygens (including phenoxy) is 1. The number of fused-ring (bicyclic) bond motifs is 1. The van der Waals surface area contributed by atoms with Crippen LogP contribution < -0.4 is 0 Å². The highest BCUT2D eigenvalue weighted by Gasteiger charge is 2.54. The zero-order chi connectivity index (χ0) is 13.4. The largest absolute Gasteiger partial charge is 0.465 e. The lowest BCUT2D eigenvalue weighted by atomic mass is 9.55. The molecule has 0 bridgehead atoms. The summed E-state index contributed by atoms with van der Waals surface area (Å²) in [6, 6.07) is 0. The van der Waals surface area contributed by atoms with E-state index in [1.54, 1.807) is 0 Å². The quantitative estimate of drug-likeness (QED) is 0.559. The summed E-state index contributed by atoms with van der Waals surface area (Å²) in [4.78, 5) is 24.5. The lowest BCUT2D eigenvalue weighted by Gasteiger charge is -2.47. The number of esters is 1. The number of carbonyl (C=O) groups excluding carboxylic acids is 2. The van der Waals surface area contributed by atoms with Crippen LogP contribution in [0.15, 0.2) is 11.6 Å². The lowest BCUT2D eigenvalue weighted by molar-refractivity contribution is -0.157. The van der Waals surface area contributed by atoms with Crippen LogP contribution in [0.25, 0.3) is 0 Å². The SMILES string of the molecule is CCOC(=O)C12CCCC=C1C(C)(C)C(=O)CC2. The summed E-state index contributed by atoms with van der Waals surface area (Å²) < 4.78 is 5.28. The Morgan fingerprint density at radius 1 is 1.39 bits per heavy atom. The van der Waals surface area contributed by atoms with Crippen molar-refractivity contribution in [1.82, 2.24) is 0 Å². The molecule has 1 fully saturated rings. The van der Waals surface area contributed by atoms with Crippen molar-refractivity contribution in [2.45, 2.75) is 52.9 Å². The molecule has 2 aliphatic rings. The molecule has 18 heavy (non-hydrogen) atoms. The van der Waals surface area contributed by atoms with Gasteiger partial charge in [0.05, 0.1) is 12.0 Å². The third kappa shape index (κ3) is 1.80. The summed E-state index contributed by atoms with van der Waals surface area (Å²) >= 11 is 0. The summed E-state index contributed by atoms with van der Waals surface area (Å²) in [6.45, 7) is 6.13. The van der Waals surface area contributed by atoms with Gasteiger partial charge in [0, 0.05) is 11.8 Å². The second-order valence-electron chi connectivity index (χ2n) is 5.86. The molecule has 0 amide bonds. The van der Waals surface area contributed by atoms with Crippen molar-refractivity contribution < 1.29 is 14.3 Å². The van der Waals surface area contributed by atoms with Crippen molar-refractivity contribution in [1.29, 1.82) is 0 Å². The second kappa shape index (κ2) is 4.52. The second-order valence-corrected chi connectivity index (χ2v) is 5.86. The van der Waals surface area contributed by atoms with Gasteiger partial charge in [-0.05, 0) is 52.0 Å². The molecule has 0 saturated heterocycles. The van der Waals surface area contributed by atoms with E-state index in [-0.39, 0.29) is 11.8 Å². The van der Waals surface area contributed by atoms with E-state index in [2.05, 4.69) is 6.08 Å². The van der Waals surface area contributed by atoms with Crippen LogP contribution in [-0.4, -0.2) is 18.4 Å². The molecule has 0 heterocycles. The minimum atomic E-state index is -0.522. The normalized spacial score (nSPS) is 30.4. The van der Waals surface area contributed by atoms with Crippen LogP contribution in [0.2, 0.25) is 0 Å². The Kier molecular flexibility index (Phi) is 3.35. The van der Waals surface area contributed by atoms with Crippen LogP contribution in [0.4, 0.5) is 0 Å². The zero-order valence-electron chi connectivity index (χ0n) is 11.5. The molecular formula is C15H22O3. The van der Waals surface area contributed by atoms with Crippen molar-refractivity contribution in [3.8, 4) is 0 Å². The van der Waals surface area contributed by atoms with Gasteiger partial charge in [-0.1, -0.05) is 6.08 Å². The smallest absolute Gasteiger partial charge is 0.316 e. The molecule has 1 saturated carbocycles. The molecule has 100 valence electrons. The third-order valence-corrected chi connectivity index (χ3v) is 4.49. The van der Waals surface area contributed by atoms with Gasteiger partial charge < -0.3 is 4.74 Å². The van der Waals surface area contributed by atoms with Crippen molar-refractivity contribution in [3.63, 3.8) is 0 Å². The molecule has 0 N–H and O–H groups in total. The van der Waals surface area contributed by atoms with Gasteiger partial charge in [0.1, 0.15) is 5.78 Å². The van der Waals surface area contributed by atoms with Crippen LogP contribution in [0.1, 0.15) is 52.9 Å². The fourth-order valence-electron chi connectivity index (χ4n) is 3.47. The average molecular weight is 250 g/mol. The van der Waals surface area contributed by atoms with E-state index in [1.807, 2.05) is 20.8 Å². The van der Waals surface area contributed by atoms with E-state index in [0.717, 1.165) is 24.8 Å². The number of allylic oxidation sites excluding steroid dienone is 1. The van der Waals surface area contributed by atoms with Crippen molar-refractivity contribution in [2.75, 3.05) is 6.61 Å². The first-order valence-electron chi connectivity index (χ1n) is 6.87. The Bertz CT molecular complexity index is 406. The highest BCUT2D eigenvalue weighted by Crippen LogP contribution is 2.54. The Hall–Kier alpha value is -1.12. The molecule has 0 aromatic carbocycles. The van der Waals surface area contributed by atoms with E-state index in [4.69, 9.17) is 4.74 Å². The first kappa shape index (κ1) is 13.3. The standard InChI is InChI=1S/C15H22O3/c1-4-18-13(17)15-9-6-5-7-11(15)14(2,3)12(16)8-10-15/h7H,4-6,8-10H2,1-3H3. The molecule has 0 aliphatic heterocycles. The predicted molar refractivity (Wildman–Crippen MR) is 69.0 cm³/mol. The van der Waals surface area contributed by atoms with E-state index < -0.39 is 10.8 Å². The van der Waals surface area contributed by atoms with Gasteiger partial charge in [-0.25, -0.2) is 0 Å². The first-order valence-corrected chi connectivity index (χ1v) is 6.87. The van der Waals surface area contributed by atoms with Gasteiger partial charge in [0.25, 0.3) is 0 Å². The molecule has 0 aromatic rings. The fraction of sp³-hybridized carbons (Fsp3) is 0.733. The molecule has 2 rings (SSSR count). The zero-order valence-corrected chi connectivity index (χ0v) is 11.5. The number of ketones is 1. The van der Waals surface area contributed by atoms with Gasteiger partial charge in [0.2, 0.25) is 0 Å². The average Bonchev–Trinajstić information content (AvgIpc) is 2.35. The van der Waals surface area contributed by atoms with E-state index >= 15 is 0 Å². The van der Waals surface area contributed by atoms with Crippen LogP contribution in [0, 0.1) is 10.8 Å². The number of rotatable bonds is 2. The van der Waals surface area contributed by atoms with E-state index in [1.165, 1.54) is 0 Å². The summed E-state index contributed by atoms with van der Waals surface area (Å²) in [7, 11) is 0. The summed E-state index contributed by atoms with van der Waals surface area (Å²) in [5, 5.41) is 0. The molecule has 0 aromatic heterocycles. The molecule has 1 unspecified atom stereocenters. The number of carbonyl (C=O) groups is 2. The summed E-state index contributed by atoms with van der Waals surface area (Å²) in [5.41, 5.74) is -0.0205. The minimum Gasteiger partial charge on any atom is -0.465 e. The summed E-state index contributed by atoms with van der Waals surface area (Å²) in [6.07, 6.45) is 6.02. The highest BCUT2D eigenvalue weighted by molar-refractivity contribution is 5.94. The molecule has 2 aliphatic carbocycles. The molecule has 0 spiro atoms. The Balaban J connectivity index is 2.44. The van der Waals surface area contributed by atoms with Crippen molar-refractivity contribution in [3.05, 3.63) is 11.6 Å². The van der Waals surface area contributed by atoms with Gasteiger partial charge in [0.15, 0.2) is 0 Å². The van der Waals surface area contributed by atoms with Gasteiger partial charge >= 0.3 is 5.97 Å². The first-order chi connectivity index (χ1) is 8.45. The van der Waals surface area contributed by atoms with Gasteiger partial charge in [-0.15, -0.1) is 0 Å². The van der Waals surface area contributed by atoms with Gasteiger partial charge in [-0.2, -0.15) is 0 Å².